The average molecular weight is 296 g/mol. The van der Waals surface area contributed by atoms with E-state index < -0.39 is 0 Å². The quantitative estimate of drug-likeness (QED) is 0.594. The number of hydrogen-bond acceptors (Lipinski definition) is 2. The van der Waals surface area contributed by atoms with Crippen molar-refractivity contribution in [2.75, 3.05) is 13.2 Å². The summed E-state index contributed by atoms with van der Waals surface area (Å²) >= 11 is 0. The molecule has 0 aliphatic heterocycles. The molecule has 0 bridgehead atoms. The third-order valence-electron chi connectivity index (χ3n) is 3.91. The van der Waals surface area contributed by atoms with Gasteiger partial charge in [0.2, 0.25) is 0 Å². The normalized spacial score (nSPS) is 12.6. The predicted octanol–water partition coefficient (Wildman–Crippen LogP) is 4.80. The molecule has 120 valence electrons. The first-order valence-corrected chi connectivity index (χ1v) is 8.19. The zero-order valence-electron chi connectivity index (χ0n) is 13.4. The van der Waals surface area contributed by atoms with Crippen molar-refractivity contribution in [1.29, 1.82) is 0 Å². The van der Waals surface area contributed by atoms with E-state index in [2.05, 4.69) is 6.92 Å². The van der Waals surface area contributed by atoms with Crippen LogP contribution in [0.1, 0.15) is 69.4 Å². The van der Waals surface area contributed by atoms with Gasteiger partial charge in [0.05, 0.1) is 6.61 Å². The zero-order chi connectivity index (χ0) is 15.5. The molecule has 0 aliphatic rings. The number of rotatable bonds is 11. The van der Waals surface area contributed by atoms with Crippen molar-refractivity contribution in [3.63, 3.8) is 0 Å². The minimum Gasteiger partial charge on any atom is -0.392 e. The smallest absolute Gasteiger partial charge is 0.127 e. The fraction of sp³-hybridized carbons (Fsp3) is 0.667. The van der Waals surface area contributed by atoms with Crippen LogP contribution in [0.5, 0.6) is 0 Å². The Kier molecular flexibility index (Phi) is 9.27. The van der Waals surface area contributed by atoms with E-state index in [1.54, 1.807) is 0 Å². The number of hydrogen-bond donors (Lipinski definition) is 1. The molecule has 21 heavy (non-hydrogen) atoms. The summed E-state index contributed by atoms with van der Waals surface area (Å²) < 4.78 is 19.7. The molecule has 1 unspecified atom stereocenters. The van der Waals surface area contributed by atoms with E-state index in [4.69, 9.17) is 9.84 Å². The summed E-state index contributed by atoms with van der Waals surface area (Å²) in [5.74, 6) is 0.0136. The third-order valence-corrected chi connectivity index (χ3v) is 3.91. The van der Waals surface area contributed by atoms with E-state index >= 15 is 0 Å². The van der Waals surface area contributed by atoms with Crippen LogP contribution in [0.15, 0.2) is 18.2 Å². The highest BCUT2D eigenvalue weighted by atomic mass is 19.1. The lowest BCUT2D eigenvalue weighted by atomic mass is 9.89. The van der Waals surface area contributed by atoms with Gasteiger partial charge in [0, 0.05) is 13.2 Å². The van der Waals surface area contributed by atoms with Crippen LogP contribution in [0.25, 0.3) is 0 Å². The first kappa shape index (κ1) is 18.1. The van der Waals surface area contributed by atoms with E-state index in [1.807, 2.05) is 19.1 Å². The van der Waals surface area contributed by atoms with Gasteiger partial charge in [-0.2, -0.15) is 0 Å². The molecule has 1 rings (SSSR count). The number of aliphatic hydroxyl groups excluding tert-OH is 1. The largest absolute Gasteiger partial charge is 0.392 e. The van der Waals surface area contributed by atoms with Crippen LogP contribution in [0.2, 0.25) is 0 Å². The van der Waals surface area contributed by atoms with Gasteiger partial charge in [0.1, 0.15) is 5.82 Å². The van der Waals surface area contributed by atoms with E-state index in [0.717, 1.165) is 24.8 Å². The van der Waals surface area contributed by atoms with Gasteiger partial charge in [-0.15, -0.1) is 0 Å². The standard InChI is InChI=1S/C18H29FO2/c1-3-5-6-7-8-16(11-12-21-4-2)17-10-9-15(14-20)13-18(17)19/h9-10,13,16,20H,3-8,11-12,14H2,1-2H3. The van der Waals surface area contributed by atoms with E-state index in [1.165, 1.54) is 25.3 Å². The summed E-state index contributed by atoms with van der Waals surface area (Å²) in [7, 11) is 0. The molecule has 0 saturated carbocycles. The molecule has 0 fully saturated rings. The Hall–Kier alpha value is -0.930. The Balaban J connectivity index is 2.69. The second kappa shape index (κ2) is 10.7. The Morgan fingerprint density at radius 2 is 1.95 bits per heavy atom. The number of ether oxygens (including phenoxy) is 1. The van der Waals surface area contributed by atoms with Crippen molar-refractivity contribution in [2.24, 2.45) is 0 Å². The summed E-state index contributed by atoms with van der Waals surface area (Å²) in [6.07, 6.45) is 6.65. The molecule has 0 saturated heterocycles. The van der Waals surface area contributed by atoms with Crippen LogP contribution in [0.4, 0.5) is 4.39 Å². The number of unbranched alkanes of at least 4 members (excludes halogenated alkanes) is 3. The lowest BCUT2D eigenvalue weighted by molar-refractivity contribution is 0.138. The number of benzene rings is 1. The monoisotopic (exact) mass is 296 g/mol. The SMILES string of the molecule is CCCCCCC(CCOCC)c1ccc(CO)cc1F. The minimum absolute atomic E-state index is 0.114. The zero-order valence-corrected chi connectivity index (χ0v) is 13.4. The first-order valence-electron chi connectivity index (χ1n) is 8.19. The van der Waals surface area contributed by atoms with Gasteiger partial charge in [-0.1, -0.05) is 44.7 Å². The van der Waals surface area contributed by atoms with E-state index in [0.29, 0.717) is 18.8 Å². The van der Waals surface area contributed by atoms with Crippen LogP contribution in [0.3, 0.4) is 0 Å². The third kappa shape index (κ3) is 6.58. The maximum atomic E-state index is 14.2. The molecule has 2 nitrogen and oxygen atoms in total. The van der Waals surface area contributed by atoms with Crippen molar-refractivity contribution in [2.45, 2.75) is 64.9 Å². The van der Waals surface area contributed by atoms with Crippen LogP contribution >= 0.6 is 0 Å². The van der Waals surface area contributed by atoms with Crippen molar-refractivity contribution >= 4 is 0 Å². The number of halogens is 1. The Labute approximate surface area is 128 Å². The molecule has 1 N–H and O–H groups in total. The van der Waals surface area contributed by atoms with E-state index in [9.17, 15) is 4.39 Å². The number of aliphatic hydroxyl groups is 1. The fourth-order valence-corrected chi connectivity index (χ4v) is 2.64. The molecular weight excluding hydrogens is 267 g/mol. The Bertz CT molecular complexity index is 393. The highest BCUT2D eigenvalue weighted by molar-refractivity contribution is 5.27. The van der Waals surface area contributed by atoms with Crippen molar-refractivity contribution in [3.8, 4) is 0 Å². The van der Waals surface area contributed by atoms with Gasteiger partial charge in [-0.3, -0.25) is 0 Å². The van der Waals surface area contributed by atoms with Gasteiger partial charge in [0.25, 0.3) is 0 Å². The van der Waals surface area contributed by atoms with Crippen molar-refractivity contribution in [1.82, 2.24) is 0 Å². The molecule has 1 aromatic carbocycles. The molecule has 1 atom stereocenters. The van der Waals surface area contributed by atoms with Gasteiger partial charge in [-0.25, -0.2) is 4.39 Å². The first-order chi connectivity index (χ1) is 10.2. The molecule has 0 spiro atoms. The summed E-state index contributed by atoms with van der Waals surface area (Å²) in [5.41, 5.74) is 1.40. The fourth-order valence-electron chi connectivity index (χ4n) is 2.64. The molecule has 0 aliphatic carbocycles. The maximum absolute atomic E-state index is 14.2. The predicted molar refractivity (Wildman–Crippen MR) is 84.9 cm³/mol. The van der Waals surface area contributed by atoms with Gasteiger partial charge < -0.3 is 9.84 Å². The van der Waals surface area contributed by atoms with E-state index in [-0.39, 0.29) is 18.3 Å². The summed E-state index contributed by atoms with van der Waals surface area (Å²) in [6, 6.07) is 5.10. The van der Waals surface area contributed by atoms with Gasteiger partial charge >= 0.3 is 0 Å². The van der Waals surface area contributed by atoms with Crippen LogP contribution in [-0.2, 0) is 11.3 Å². The molecule has 3 heteroatoms. The lowest BCUT2D eigenvalue weighted by Crippen LogP contribution is -2.07. The molecule has 0 heterocycles. The van der Waals surface area contributed by atoms with Crippen molar-refractivity contribution < 1.29 is 14.2 Å². The van der Waals surface area contributed by atoms with Crippen LogP contribution in [-0.4, -0.2) is 18.3 Å². The molecule has 0 amide bonds. The highest BCUT2D eigenvalue weighted by Crippen LogP contribution is 2.29. The summed E-state index contributed by atoms with van der Waals surface area (Å²) in [4.78, 5) is 0. The lowest BCUT2D eigenvalue weighted by Gasteiger charge is -2.18. The topological polar surface area (TPSA) is 29.5 Å². The summed E-state index contributed by atoms with van der Waals surface area (Å²) in [6.45, 7) is 5.44. The molecule has 1 aromatic rings. The van der Waals surface area contributed by atoms with Crippen molar-refractivity contribution in [3.05, 3.63) is 35.1 Å². The Morgan fingerprint density at radius 3 is 2.57 bits per heavy atom. The molecule has 0 aromatic heterocycles. The molecule has 0 radical (unpaired) electrons. The Morgan fingerprint density at radius 1 is 1.14 bits per heavy atom. The minimum atomic E-state index is -0.196. The summed E-state index contributed by atoms with van der Waals surface area (Å²) in [5, 5.41) is 9.08. The second-order valence-electron chi connectivity index (χ2n) is 5.55. The molecular formula is C18H29FO2. The maximum Gasteiger partial charge on any atom is 0.127 e. The van der Waals surface area contributed by atoms with Crippen LogP contribution in [0, 0.1) is 5.82 Å². The highest BCUT2D eigenvalue weighted by Gasteiger charge is 2.16. The van der Waals surface area contributed by atoms with Gasteiger partial charge in [0.15, 0.2) is 0 Å². The average Bonchev–Trinajstić information content (AvgIpc) is 2.50. The second-order valence-corrected chi connectivity index (χ2v) is 5.55. The van der Waals surface area contributed by atoms with Gasteiger partial charge in [-0.05, 0) is 42.9 Å². The van der Waals surface area contributed by atoms with Crippen LogP contribution < -0.4 is 0 Å².